The predicted molar refractivity (Wildman–Crippen MR) is 195 cm³/mol. The number of aryl methyl sites for hydroxylation is 1. The molecule has 43 heavy (non-hydrogen) atoms. The van der Waals surface area contributed by atoms with Crippen LogP contribution in [0.5, 0.6) is 0 Å². The van der Waals surface area contributed by atoms with E-state index >= 15 is 0 Å². The van der Waals surface area contributed by atoms with Crippen LogP contribution in [0.2, 0.25) is 0 Å². The molecule has 0 spiro atoms. The van der Waals surface area contributed by atoms with E-state index in [1.165, 1.54) is 218 Å². The minimum absolute atomic E-state index is 0.727. The number of hydrogen-bond acceptors (Lipinski definition) is 1. The summed E-state index contributed by atoms with van der Waals surface area (Å²) in [6.07, 6.45) is 49.1. The topological polar surface area (TPSA) is 12.9 Å². The average Bonchev–Trinajstić information content (AvgIpc) is 3.03. The number of rotatable bonds is 34. The molecule has 1 atom stereocenters. The standard InChI is InChI=1S/C42H79N/c1-4-7-9-11-13-15-17-18-19-20-21-22-23-24-25-26-28-30-32-34-36-42-39-41(37-38-43-42)40(6-3)35-33-31-29-27-16-14-12-10-8-5-2/h37-40H,4-36H2,1-3H3. The van der Waals surface area contributed by atoms with E-state index in [1.54, 1.807) is 5.56 Å². The Kier molecular flexibility index (Phi) is 30.4. The van der Waals surface area contributed by atoms with Gasteiger partial charge in [-0.05, 0) is 49.3 Å². The zero-order chi connectivity index (χ0) is 30.9. The van der Waals surface area contributed by atoms with Crippen LogP contribution in [0.1, 0.15) is 243 Å². The van der Waals surface area contributed by atoms with Crippen molar-refractivity contribution in [2.45, 2.75) is 239 Å². The largest absolute Gasteiger partial charge is 0.261 e. The lowest BCUT2D eigenvalue weighted by Gasteiger charge is -2.16. The molecule has 0 aliphatic rings. The third-order valence-electron chi connectivity index (χ3n) is 10.00. The minimum atomic E-state index is 0.727. The van der Waals surface area contributed by atoms with Gasteiger partial charge in [0.05, 0.1) is 0 Å². The molecular weight excluding hydrogens is 518 g/mol. The molecule has 0 bridgehead atoms. The fourth-order valence-corrected chi connectivity index (χ4v) is 6.93. The summed E-state index contributed by atoms with van der Waals surface area (Å²) in [6, 6.07) is 4.74. The van der Waals surface area contributed by atoms with Gasteiger partial charge in [0.25, 0.3) is 0 Å². The summed E-state index contributed by atoms with van der Waals surface area (Å²) in [5.41, 5.74) is 2.89. The summed E-state index contributed by atoms with van der Waals surface area (Å²) in [6.45, 7) is 6.99. The third kappa shape index (κ3) is 26.1. The quantitative estimate of drug-likeness (QED) is 0.0720. The molecule has 1 aromatic rings. The molecule has 0 aromatic carbocycles. The van der Waals surface area contributed by atoms with Crippen molar-refractivity contribution in [3.63, 3.8) is 0 Å². The van der Waals surface area contributed by atoms with Crippen molar-refractivity contribution >= 4 is 0 Å². The van der Waals surface area contributed by atoms with Crippen LogP contribution < -0.4 is 0 Å². The minimum Gasteiger partial charge on any atom is -0.261 e. The van der Waals surface area contributed by atoms with Crippen molar-refractivity contribution in [2.75, 3.05) is 0 Å². The molecule has 0 fully saturated rings. The number of unbranched alkanes of at least 4 members (excludes halogenated alkanes) is 28. The summed E-state index contributed by atoms with van der Waals surface area (Å²) in [5, 5.41) is 0. The van der Waals surface area contributed by atoms with E-state index in [9.17, 15) is 0 Å². The lowest BCUT2D eigenvalue weighted by molar-refractivity contribution is 0.517. The van der Waals surface area contributed by atoms with Gasteiger partial charge in [0.1, 0.15) is 0 Å². The molecule has 0 amide bonds. The Morgan fingerprint density at radius 3 is 1.16 bits per heavy atom. The zero-order valence-corrected chi connectivity index (χ0v) is 30.1. The Labute approximate surface area is 272 Å². The highest BCUT2D eigenvalue weighted by Gasteiger charge is 2.10. The number of aromatic nitrogens is 1. The first-order valence-electron chi connectivity index (χ1n) is 20.3. The zero-order valence-electron chi connectivity index (χ0n) is 30.1. The van der Waals surface area contributed by atoms with Crippen molar-refractivity contribution in [2.24, 2.45) is 0 Å². The summed E-state index contributed by atoms with van der Waals surface area (Å²) in [4.78, 5) is 4.73. The number of hydrogen-bond donors (Lipinski definition) is 0. The van der Waals surface area contributed by atoms with Gasteiger partial charge in [0, 0.05) is 11.9 Å². The van der Waals surface area contributed by atoms with E-state index in [0.29, 0.717) is 0 Å². The van der Waals surface area contributed by atoms with Crippen molar-refractivity contribution in [3.8, 4) is 0 Å². The van der Waals surface area contributed by atoms with E-state index in [2.05, 4.69) is 39.1 Å². The van der Waals surface area contributed by atoms with E-state index in [0.717, 1.165) is 5.92 Å². The van der Waals surface area contributed by atoms with Crippen LogP contribution in [-0.2, 0) is 6.42 Å². The highest BCUT2D eigenvalue weighted by molar-refractivity contribution is 5.20. The first-order chi connectivity index (χ1) is 21.3. The van der Waals surface area contributed by atoms with Gasteiger partial charge in [-0.2, -0.15) is 0 Å². The van der Waals surface area contributed by atoms with Crippen LogP contribution in [-0.4, -0.2) is 4.98 Å². The molecule has 1 rings (SSSR count). The van der Waals surface area contributed by atoms with Gasteiger partial charge in [0.15, 0.2) is 0 Å². The molecule has 0 aliphatic heterocycles. The first-order valence-corrected chi connectivity index (χ1v) is 20.3. The molecule has 1 unspecified atom stereocenters. The van der Waals surface area contributed by atoms with E-state index in [-0.39, 0.29) is 0 Å². The maximum atomic E-state index is 4.73. The van der Waals surface area contributed by atoms with Crippen molar-refractivity contribution < 1.29 is 0 Å². The van der Waals surface area contributed by atoms with Crippen LogP contribution in [0, 0.1) is 0 Å². The molecule has 0 aliphatic carbocycles. The van der Waals surface area contributed by atoms with Gasteiger partial charge in [-0.1, -0.05) is 207 Å². The molecule has 1 aromatic heterocycles. The molecule has 0 saturated heterocycles. The summed E-state index contributed by atoms with van der Waals surface area (Å²) in [7, 11) is 0. The maximum absolute atomic E-state index is 4.73. The molecule has 0 radical (unpaired) electrons. The second-order valence-corrected chi connectivity index (χ2v) is 14.1. The van der Waals surface area contributed by atoms with Gasteiger partial charge < -0.3 is 0 Å². The second-order valence-electron chi connectivity index (χ2n) is 14.1. The van der Waals surface area contributed by atoms with Gasteiger partial charge >= 0.3 is 0 Å². The monoisotopic (exact) mass is 598 g/mol. The molecule has 0 N–H and O–H groups in total. The molecule has 252 valence electrons. The van der Waals surface area contributed by atoms with Crippen LogP contribution >= 0.6 is 0 Å². The van der Waals surface area contributed by atoms with E-state index < -0.39 is 0 Å². The predicted octanol–water partition coefficient (Wildman–Crippen LogP) is 15.3. The van der Waals surface area contributed by atoms with Gasteiger partial charge in [0.2, 0.25) is 0 Å². The first kappa shape index (κ1) is 40.2. The fourth-order valence-electron chi connectivity index (χ4n) is 6.93. The molecular formula is C42H79N. The Balaban J connectivity index is 1.94. The normalized spacial score (nSPS) is 12.3. The van der Waals surface area contributed by atoms with Crippen molar-refractivity contribution in [3.05, 3.63) is 29.6 Å². The maximum Gasteiger partial charge on any atom is 0.0406 e. The molecule has 0 saturated carbocycles. The molecule has 1 heterocycles. The van der Waals surface area contributed by atoms with Crippen LogP contribution in [0.15, 0.2) is 18.3 Å². The van der Waals surface area contributed by atoms with Gasteiger partial charge in [-0.3, -0.25) is 4.98 Å². The highest BCUT2D eigenvalue weighted by atomic mass is 14.7. The highest BCUT2D eigenvalue weighted by Crippen LogP contribution is 2.27. The number of nitrogens with zero attached hydrogens (tertiary/aromatic N) is 1. The summed E-state index contributed by atoms with van der Waals surface area (Å²) >= 11 is 0. The van der Waals surface area contributed by atoms with Gasteiger partial charge in [-0.25, -0.2) is 0 Å². The second kappa shape index (κ2) is 32.5. The SMILES string of the molecule is CCCCCCCCCCCCCCCCCCCCCCc1cc(C(CC)CCCCCCCCCCCC)ccn1. The number of pyridine rings is 1. The fraction of sp³-hybridized carbons (Fsp3) is 0.881. The third-order valence-corrected chi connectivity index (χ3v) is 10.00. The molecule has 1 heteroatoms. The van der Waals surface area contributed by atoms with Gasteiger partial charge in [-0.15, -0.1) is 0 Å². The Bertz CT molecular complexity index is 667. The smallest absolute Gasteiger partial charge is 0.0406 e. The van der Waals surface area contributed by atoms with E-state index in [4.69, 9.17) is 4.98 Å². The van der Waals surface area contributed by atoms with Crippen molar-refractivity contribution in [1.29, 1.82) is 0 Å². The average molecular weight is 598 g/mol. The summed E-state index contributed by atoms with van der Waals surface area (Å²) in [5.74, 6) is 0.727. The lowest BCUT2D eigenvalue weighted by Crippen LogP contribution is -2.00. The summed E-state index contributed by atoms with van der Waals surface area (Å²) < 4.78 is 0. The Morgan fingerprint density at radius 1 is 0.442 bits per heavy atom. The Hall–Kier alpha value is -0.850. The Morgan fingerprint density at radius 2 is 0.791 bits per heavy atom. The van der Waals surface area contributed by atoms with E-state index in [1.807, 2.05) is 0 Å². The molecule has 1 nitrogen and oxygen atoms in total. The lowest BCUT2D eigenvalue weighted by atomic mass is 9.90. The van der Waals surface area contributed by atoms with Crippen LogP contribution in [0.3, 0.4) is 0 Å². The van der Waals surface area contributed by atoms with Crippen LogP contribution in [0.4, 0.5) is 0 Å². The van der Waals surface area contributed by atoms with Crippen LogP contribution in [0.25, 0.3) is 0 Å². The van der Waals surface area contributed by atoms with Crippen molar-refractivity contribution in [1.82, 2.24) is 4.98 Å².